The van der Waals surface area contributed by atoms with Crippen molar-refractivity contribution in [2.75, 3.05) is 11.1 Å². The highest BCUT2D eigenvalue weighted by molar-refractivity contribution is 7.99. The Bertz CT molecular complexity index is 878. The van der Waals surface area contributed by atoms with Gasteiger partial charge in [0.1, 0.15) is 28.7 Å². The molecule has 0 saturated heterocycles. The number of aryl methyl sites for hydroxylation is 1. The first-order chi connectivity index (χ1) is 12.0. The zero-order valence-corrected chi connectivity index (χ0v) is 13.9. The average molecular weight is 361 g/mol. The number of nitrogens with zero attached hydrogens (tertiary/aromatic N) is 4. The summed E-state index contributed by atoms with van der Waals surface area (Å²) < 4.78 is 28.7. The minimum Gasteiger partial charge on any atom is -0.320 e. The van der Waals surface area contributed by atoms with E-state index in [1.165, 1.54) is 6.07 Å². The summed E-state index contributed by atoms with van der Waals surface area (Å²) in [7, 11) is 0. The highest BCUT2D eigenvalue weighted by Crippen LogP contribution is 2.20. The number of benzene rings is 1. The number of aromatic nitrogens is 4. The van der Waals surface area contributed by atoms with Crippen LogP contribution in [0.15, 0.2) is 47.9 Å². The van der Waals surface area contributed by atoms with Crippen molar-refractivity contribution in [3.8, 4) is 5.82 Å². The van der Waals surface area contributed by atoms with Crippen LogP contribution in [0.25, 0.3) is 5.82 Å². The monoisotopic (exact) mass is 361 g/mol. The standard InChI is InChI=1S/C16H13F2N5OS/c1-10-7-23(9-19-10)13-5-6-15(22-21-13)25-8-14(24)20-16-11(17)3-2-4-12(16)18/h2-7,9H,8H2,1H3,(H,20,24). The van der Waals surface area contributed by atoms with Crippen molar-refractivity contribution in [1.82, 2.24) is 19.7 Å². The number of thioether (sulfide) groups is 1. The van der Waals surface area contributed by atoms with Gasteiger partial charge in [0.05, 0.1) is 11.4 Å². The molecule has 1 aromatic carbocycles. The molecule has 2 heterocycles. The second-order valence-electron chi connectivity index (χ2n) is 5.09. The van der Waals surface area contributed by atoms with Crippen molar-refractivity contribution in [3.05, 3.63) is 60.2 Å². The first kappa shape index (κ1) is 17.0. The van der Waals surface area contributed by atoms with Gasteiger partial charge in [-0.05, 0) is 31.2 Å². The average Bonchev–Trinajstić information content (AvgIpc) is 3.03. The van der Waals surface area contributed by atoms with Crippen molar-refractivity contribution >= 4 is 23.4 Å². The van der Waals surface area contributed by atoms with Crippen LogP contribution >= 0.6 is 11.8 Å². The van der Waals surface area contributed by atoms with Crippen molar-refractivity contribution in [1.29, 1.82) is 0 Å². The molecule has 0 aliphatic carbocycles. The fourth-order valence-electron chi connectivity index (χ4n) is 2.01. The Morgan fingerprint density at radius 2 is 1.96 bits per heavy atom. The number of rotatable bonds is 5. The fourth-order valence-corrected chi connectivity index (χ4v) is 2.62. The molecule has 0 atom stereocenters. The third-order valence-electron chi connectivity index (χ3n) is 3.18. The van der Waals surface area contributed by atoms with Gasteiger partial charge in [-0.3, -0.25) is 9.36 Å². The first-order valence-corrected chi connectivity index (χ1v) is 8.23. The molecule has 128 valence electrons. The van der Waals surface area contributed by atoms with Gasteiger partial charge in [0, 0.05) is 6.20 Å². The van der Waals surface area contributed by atoms with Crippen LogP contribution in [0.4, 0.5) is 14.5 Å². The van der Waals surface area contributed by atoms with Crippen molar-refractivity contribution in [2.24, 2.45) is 0 Å². The van der Waals surface area contributed by atoms with E-state index in [9.17, 15) is 13.6 Å². The van der Waals surface area contributed by atoms with E-state index >= 15 is 0 Å². The molecule has 0 radical (unpaired) electrons. The quantitative estimate of drug-likeness (QED) is 0.708. The van der Waals surface area contributed by atoms with Crippen LogP contribution in [0.2, 0.25) is 0 Å². The minimum absolute atomic E-state index is 0.0496. The van der Waals surface area contributed by atoms with Gasteiger partial charge in [0.15, 0.2) is 5.82 Å². The lowest BCUT2D eigenvalue weighted by molar-refractivity contribution is -0.113. The molecular weight excluding hydrogens is 348 g/mol. The molecule has 0 saturated carbocycles. The minimum atomic E-state index is -0.821. The van der Waals surface area contributed by atoms with E-state index in [4.69, 9.17) is 0 Å². The summed E-state index contributed by atoms with van der Waals surface area (Å²) in [5.41, 5.74) is 0.405. The predicted molar refractivity (Wildman–Crippen MR) is 89.6 cm³/mol. The van der Waals surface area contributed by atoms with Gasteiger partial charge in [-0.2, -0.15) is 0 Å². The Labute approximate surface area is 146 Å². The van der Waals surface area contributed by atoms with Gasteiger partial charge in [0.25, 0.3) is 0 Å². The number of para-hydroxylation sites is 1. The third kappa shape index (κ3) is 4.18. The SMILES string of the molecule is Cc1cn(-c2ccc(SCC(=O)Nc3c(F)cccc3F)nn2)cn1. The lowest BCUT2D eigenvalue weighted by Gasteiger charge is -2.07. The van der Waals surface area contributed by atoms with Gasteiger partial charge in [-0.15, -0.1) is 10.2 Å². The molecular formula is C16H13F2N5OS. The summed E-state index contributed by atoms with van der Waals surface area (Å²) in [5, 5.41) is 10.8. The molecule has 1 amide bonds. The van der Waals surface area contributed by atoms with E-state index in [2.05, 4.69) is 20.5 Å². The van der Waals surface area contributed by atoms with Crippen LogP contribution in [-0.2, 0) is 4.79 Å². The van der Waals surface area contributed by atoms with Crippen molar-refractivity contribution in [3.63, 3.8) is 0 Å². The summed E-state index contributed by atoms with van der Waals surface area (Å²) in [6.07, 6.45) is 3.44. The van der Waals surface area contributed by atoms with E-state index in [1.807, 2.05) is 13.1 Å². The van der Waals surface area contributed by atoms with E-state index < -0.39 is 23.2 Å². The number of carbonyl (C=O) groups excluding carboxylic acids is 1. The molecule has 25 heavy (non-hydrogen) atoms. The zero-order chi connectivity index (χ0) is 17.8. The van der Waals surface area contributed by atoms with Crippen LogP contribution in [0, 0.1) is 18.6 Å². The molecule has 0 bridgehead atoms. The number of amides is 1. The molecule has 6 nitrogen and oxygen atoms in total. The molecule has 0 aliphatic heterocycles. The van der Waals surface area contributed by atoms with Gasteiger partial charge in [-0.1, -0.05) is 17.8 Å². The predicted octanol–water partition coefficient (Wildman–Crippen LogP) is 2.98. The normalized spacial score (nSPS) is 10.7. The summed E-state index contributed by atoms with van der Waals surface area (Å²) >= 11 is 1.11. The molecule has 1 N–H and O–H groups in total. The topological polar surface area (TPSA) is 72.7 Å². The van der Waals surface area contributed by atoms with Gasteiger partial charge in [-0.25, -0.2) is 13.8 Å². The number of hydrogen-bond donors (Lipinski definition) is 1. The van der Waals surface area contributed by atoms with Gasteiger partial charge in [0.2, 0.25) is 5.91 Å². The number of carbonyl (C=O) groups is 1. The number of halogens is 2. The van der Waals surface area contributed by atoms with E-state index in [-0.39, 0.29) is 5.75 Å². The molecule has 9 heteroatoms. The molecule has 3 aromatic rings. The summed E-state index contributed by atoms with van der Waals surface area (Å²) in [6.45, 7) is 1.87. The second-order valence-corrected chi connectivity index (χ2v) is 6.08. The lowest BCUT2D eigenvalue weighted by atomic mass is 10.3. The number of imidazole rings is 1. The fraction of sp³-hybridized carbons (Fsp3) is 0.125. The second kappa shape index (κ2) is 7.39. The van der Waals surface area contributed by atoms with E-state index in [1.54, 1.807) is 23.0 Å². The molecule has 0 aliphatic rings. The van der Waals surface area contributed by atoms with Crippen LogP contribution in [0.1, 0.15) is 5.69 Å². The van der Waals surface area contributed by atoms with E-state index in [0.717, 1.165) is 29.6 Å². The lowest BCUT2D eigenvalue weighted by Crippen LogP contribution is -2.16. The maximum atomic E-state index is 13.5. The Morgan fingerprint density at radius 3 is 2.56 bits per heavy atom. The zero-order valence-electron chi connectivity index (χ0n) is 13.1. The first-order valence-electron chi connectivity index (χ1n) is 7.24. The Morgan fingerprint density at radius 1 is 1.20 bits per heavy atom. The Balaban J connectivity index is 1.59. The third-order valence-corrected chi connectivity index (χ3v) is 4.10. The molecule has 0 spiro atoms. The molecule has 3 rings (SSSR count). The maximum absolute atomic E-state index is 13.5. The highest BCUT2D eigenvalue weighted by Gasteiger charge is 2.12. The van der Waals surface area contributed by atoms with Gasteiger partial charge >= 0.3 is 0 Å². The Kier molecular flexibility index (Phi) is 5.03. The van der Waals surface area contributed by atoms with E-state index in [0.29, 0.717) is 10.8 Å². The molecule has 0 unspecified atom stereocenters. The smallest absolute Gasteiger partial charge is 0.234 e. The largest absolute Gasteiger partial charge is 0.320 e. The van der Waals surface area contributed by atoms with Crippen LogP contribution < -0.4 is 5.32 Å². The van der Waals surface area contributed by atoms with Gasteiger partial charge < -0.3 is 5.32 Å². The van der Waals surface area contributed by atoms with Crippen LogP contribution in [0.3, 0.4) is 0 Å². The Hall–Kier alpha value is -2.81. The summed E-state index contributed by atoms with van der Waals surface area (Å²) in [4.78, 5) is 16.0. The maximum Gasteiger partial charge on any atom is 0.234 e. The highest BCUT2D eigenvalue weighted by atomic mass is 32.2. The van der Waals surface area contributed by atoms with Crippen molar-refractivity contribution < 1.29 is 13.6 Å². The number of anilines is 1. The van der Waals surface area contributed by atoms with Crippen LogP contribution in [-0.4, -0.2) is 31.4 Å². The van der Waals surface area contributed by atoms with Crippen LogP contribution in [0.5, 0.6) is 0 Å². The molecule has 0 fully saturated rings. The number of nitrogens with one attached hydrogen (secondary N) is 1. The molecule has 2 aromatic heterocycles. The summed E-state index contributed by atoms with van der Waals surface area (Å²) in [6, 6.07) is 6.83. The van der Waals surface area contributed by atoms with Crippen molar-refractivity contribution in [2.45, 2.75) is 11.9 Å². The summed E-state index contributed by atoms with van der Waals surface area (Å²) in [5.74, 6) is -1.63. The number of hydrogen-bond acceptors (Lipinski definition) is 5.